The zero-order chi connectivity index (χ0) is 12.4. The molecule has 88 valence electrons. The molecule has 0 fully saturated rings. The molecule has 3 heteroatoms. The summed E-state index contributed by atoms with van der Waals surface area (Å²) in [6, 6.07) is 11.8. The van der Waals surface area contributed by atoms with Crippen molar-refractivity contribution < 1.29 is 0 Å². The summed E-state index contributed by atoms with van der Waals surface area (Å²) < 4.78 is 0. The predicted octanol–water partition coefficient (Wildman–Crippen LogP) is 4.47. The highest BCUT2D eigenvalue weighted by molar-refractivity contribution is 6.33. The molecule has 17 heavy (non-hydrogen) atoms. The molecule has 0 aliphatic heterocycles. The van der Waals surface area contributed by atoms with E-state index < -0.39 is 0 Å². The maximum atomic E-state index is 5.99. The largest absolute Gasteiger partial charge is 0.398 e. The van der Waals surface area contributed by atoms with Crippen LogP contribution in [-0.4, -0.2) is 0 Å². The van der Waals surface area contributed by atoms with Crippen LogP contribution >= 0.6 is 23.2 Å². The van der Waals surface area contributed by atoms with Crippen LogP contribution in [0.25, 0.3) is 0 Å². The summed E-state index contributed by atoms with van der Waals surface area (Å²) in [5, 5.41) is 1.39. The molecule has 0 aliphatic carbocycles. The van der Waals surface area contributed by atoms with Crippen LogP contribution in [0, 0.1) is 6.92 Å². The minimum Gasteiger partial charge on any atom is -0.398 e. The maximum absolute atomic E-state index is 5.99. The SMILES string of the molecule is Cc1cc(Cc2ccc(Cl)c(N)c2)ccc1Cl. The second-order valence-corrected chi connectivity index (χ2v) is 4.93. The van der Waals surface area contributed by atoms with Gasteiger partial charge in [0, 0.05) is 5.02 Å². The molecule has 2 N–H and O–H groups in total. The van der Waals surface area contributed by atoms with Gasteiger partial charge in [-0.3, -0.25) is 0 Å². The second kappa shape index (κ2) is 4.99. The molecule has 0 unspecified atom stereocenters. The molecule has 0 heterocycles. The number of anilines is 1. The molecule has 0 saturated carbocycles. The van der Waals surface area contributed by atoms with Crippen molar-refractivity contribution in [3.8, 4) is 0 Å². The van der Waals surface area contributed by atoms with Gasteiger partial charge in [-0.2, -0.15) is 0 Å². The van der Waals surface area contributed by atoms with Crippen molar-refractivity contribution in [2.24, 2.45) is 0 Å². The quantitative estimate of drug-likeness (QED) is 0.797. The Bertz CT molecular complexity index is 500. The van der Waals surface area contributed by atoms with E-state index in [1.807, 2.05) is 37.3 Å². The first kappa shape index (κ1) is 12.3. The minimum atomic E-state index is 0.598. The van der Waals surface area contributed by atoms with Crippen molar-refractivity contribution in [3.63, 3.8) is 0 Å². The molecule has 0 spiro atoms. The third kappa shape index (κ3) is 2.93. The number of benzene rings is 2. The van der Waals surface area contributed by atoms with Gasteiger partial charge in [0.05, 0.1) is 10.7 Å². The van der Waals surface area contributed by atoms with Gasteiger partial charge in [0.25, 0.3) is 0 Å². The number of nitrogen functional groups attached to an aromatic ring is 1. The Balaban J connectivity index is 2.25. The average molecular weight is 266 g/mol. The zero-order valence-corrected chi connectivity index (χ0v) is 11.0. The van der Waals surface area contributed by atoms with Crippen molar-refractivity contribution >= 4 is 28.9 Å². The fourth-order valence-corrected chi connectivity index (χ4v) is 1.99. The van der Waals surface area contributed by atoms with E-state index in [9.17, 15) is 0 Å². The first-order chi connectivity index (χ1) is 8.06. The molecule has 1 nitrogen and oxygen atoms in total. The van der Waals surface area contributed by atoms with Gasteiger partial charge in [-0.1, -0.05) is 41.4 Å². The van der Waals surface area contributed by atoms with E-state index >= 15 is 0 Å². The lowest BCUT2D eigenvalue weighted by atomic mass is 10.0. The van der Waals surface area contributed by atoms with Crippen LogP contribution in [0.5, 0.6) is 0 Å². The number of rotatable bonds is 2. The monoisotopic (exact) mass is 265 g/mol. The molecule has 2 aromatic carbocycles. The topological polar surface area (TPSA) is 26.0 Å². The van der Waals surface area contributed by atoms with Gasteiger partial charge in [0.2, 0.25) is 0 Å². The molecule has 0 aromatic heterocycles. The molecule has 2 aromatic rings. The molecule has 0 radical (unpaired) electrons. The van der Waals surface area contributed by atoms with E-state index in [2.05, 4.69) is 6.07 Å². The van der Waals surface area contributed by atoms with Crippen LogP contribution in [0.2, 0.25) is 10.0 Å². The Hall–Kier alpha value is -1.18. The van der Waals surface area contributed by atoms with Crippen molar-refractivity contribution in [1.82, 2.24) is 0 Å². The fourth-order valence-electron chi connectivity index (χ4n) is 1.76. The van der Waals surface area contributed by atoms with E-state index in [1.54, 1.807) is 0 Å². The third-order valence-corrected chi connectivity index (χ3v) is 3.46. The first-order valence-electron chi connectivity index (χ1n) is 5.35. The summed E-state index contributed by atoms with van der Waals surface area (Å²) in [7, 11) is 0. The molecule has 2 rings (SSSR count). The van der Waals surface area contributed by atoms with E-state index in [4.69, 9.17) is 28.9 Å². The standard InChI is InChI=1S/C14H13Cl2N/c1-9-6-10(2-4-12(9)15)7-11-3-5-13(16)14(17)8-11/h2-6,8H,7,17H2,1H3. The summed E-state index contributed by atoms with van der Waals surface area (Å²) in [6.07, 6.45) is 0.833. The van der Waals surface area contributed by atoms with Crippen LogP contribution in [-0.2, 0) is 6.42 Å². The normalized spacial score (nSPS) is 10.5. The summed E-state index contributed by atoms with van der Waals surface area (Å²) in [5.74, 6) is 0. The smallest absolute Gasteiger partial charge is 0.0635 e. The first-order valence-corrected chi connectivity index (χ1v) is 6.11. The summed E-state index contributed by atoms with van der Waals surface area (Å²) in [4.78, 5) is 0. The number of halogens is 2. The van der Waals surface area contributed by atoms with Crippen LogP contribution in [0.15, 0.2) is 36.4 Å². The highest BCUT2D eigenvalue weighted by Gasteiger charge is 2.02. The van der Waals surface area contributed by atoms with Gasteiger partial charge < -0.3 is 5.73 Å². The van der Waals surface area contributed by atoms with Crippen molar-refractivity contribution in [1.29, 1.82) is 0 Å². The number of nitrogens with two attached hydrogens (primary N) is 1. The van der Waals surface area contributed by atoms with Gasteiger partial charge in [-0.15, -0.1) is 0 Å². The molecule has 0 atom stereocenters. The Morgan fingerprint density at radius 1 is 0.941 bits per heavy atom. The van der Waals surface area contributed by atoms with Crippen molar-refractivity contribution in [2.45, 2.75) is 13.3 Å². The van der Waals surface area contributed by atoms with E-state index in [0.29, 0.717) is 10.7 Å². The van der Waals surface area contributed by atoms with Crippen molar-refractivity contribution in [3.05, 3.63) is 63.1 Å². The lowest BCUT2D eigenvalue weighted by Gasteiger charge is -2.06. The Morgan fingerprint density at radius 3 is 2.12 bits per heavy atom. The van der Waals surface area contributed by atoms with Crippen LogP contribution < -0.4 is 5.73 Å². The number of hydrogen-bond acceptors (Lipinski definition) is 1. The summed E-state index contributed by atoms with van der Waals surface area (Å²) >= 11 is 11.9. The molecular weight excluding hydrogens is 253 g/mol. The van der Waals surface area contributed by atoms with Gasteiger partial charge in [0.15, 0.2) is 0 Å². The van der Waals surface area contributed by atoms with Crippen molar-refractivity contribution in [2.75, 3.05) is 5.73 Å². The van der Waals surface area contributed by atoms with Crippen LogP contribution in [0.1, 0.15) is 16.7 Å². The van der Waals surface area contributed by atoms with Gasteiger partial charge in [-0.25, -0.2) is 0 Å². The lowest BCUT2D eigenvalue weighted by molar-refractivity contribution is 1.18. The molecule has 0 saturated heterocycles. The van der Waals surface area contributed by atoms with Gasteiger partial charge >= 0.3 is 0 Å². The second-order valence-electron chi connectivity index (χ2n) is 4.12. The highest BCUT2D eigenvalue weighted by Crippen LogP contribution is 2.23. The Morgan fingerprint density at radius 2 is 1.53 bits per heavy atom. The third-order valence-electron chi connectivity index (χ3n) is 2.69. The lowest BCUT2D eigenvalue weighted by Crippen LogP contribution is -1.92. The zero-order valence-electron chi connectivity index (χ0n) is 9.50. The Labute approximate surface area is 111 Å². The predicted molar refractivity (Wildman–Crippen MR) is 74.9 cm³/mol. The van der Waals surface area contributed by atoms with Crippen LogP contribution in [0.4, 0.5) is 5.69 Å². The molecular formula is C14H13Cl2N. The number of hydrogen-bond donors (Lipinski definition) is 1. The fraction of sp³-hybridized carbons (Fsp3) is 0.143. The average Bonchev–Trinajstić information content (AvgIpc) is 2.29. The molecule has 0 bridgehead atoms. The summed E-state index contributed by atoms with van der Waals surface area (Å²) in [6.45, 7) is 2.00. The maximum Gasteiger partial charge on any atom is 0.0635 e. The Kier molecular flexibility index (Phi) is 3.60. The van der Waals surface area contributed by atoms with Gasteiger partial charge in [0.1, 0.15) is 0 Å². The van der Waals surface area contributed by atoms with Crippen LogP contribution in [0.3, 0.4) is 0 Å². The molecule has 0 aliphatic rings. The van der Waals surface area contributed by atoms with Gasteiger partial charge in [-0.05, 0) is 48.2 Å². The summed E-state index contributed by atoms with van der Waals surface area (Å²) in [5.41, 5.74) is 9.85. The number of aryl methyl sites for hydroxylation is 1. The van der Waals surface area contributed by atoms with E-state index in [0.717, 1.165) is 22.6 Å². The minimum absolute atomic E-state index is 0.598. The molecule has 0 amide bonds. The van der Waals surface area contributed by atoms with E-state index in [1.165, 1.54) is 5.56 Å². The highest BCUT2D eigenvalue weighted by atomic mass is 35.5. The van der Waals surface area contributed by atoms with E-state index in [-0.39, 0.29) is 0 Å².